The lowest BCUT2D eigenvalue weighted by atomic mass is 10.1. The molecular formula is C21H26BrNO3. The summed E-state index contributed by atoms with van der Waals surface area (Å²) in [7, 11) is 0. The van der Waals surface area contributed by atoms with E-state index in [9.17, 15) is 4.79 Å². The van der Waals surface area contributed by atoms with Gasteiger partial charge in [-0.3, -0.25) is 4.79 Å². The number of carbonyl (C=O) groups is 1. The van der Waals surface area contributed by atoms with E-state index < -0.39 is 5.97 Å². The molecule has 0 amide bonds. The molecule has 140 valence electrons. The lowest BCUT2D eigenvalue weighted by Crippen LogP contribution is -2.19. The number of hydrogen-bond acceptors (Lipinski definition) is 3. The first-order valence-corrected chi connectivity index (χ1v) is 9.81. The Morgan fingerprint density at radius 3 is 2.19 bits per heavy atom. The van der Waals surface area contributed by atoms with E-state index in [0.717, 1.165) is 42.5 Å². The van der Waals surface area contributed by atoms with Crippen LogP contribution in [-0.4, -0.2) is 30.8 Å². The average Bonchev–Trinajstić information content (AvgIpc) is 2.64. The Morgan fingerprint density at radius 2 is 1.54 bits per heavy atom. The zero-order valence-electron chi connectivity index (χ0n) is 14.9. The van der Waals surface area contributed by atoms with Crippen molar-refractivity contribution in [1.29, 1.82) is 0 Å². The van der Waals surface area contributed by atoms with Crippen molar-refractivity contribution in [3.05, 3.63) is 64.1 Å². The van der Waals surface area contributed by atoms with Gasteiger partial charge in [0.2, 0.25) is 0 Å². The van der Waals surface area contributed by atoms with E-state index in [-0.39, 0.29) is 6.42 Å². The SMILES string of the molecule is O=C(O)CCNCCCc1ccc(OCCCc2ccc(Br)cc2)cc1. The van der Waals surface area contributed by atoms with Crippen molar-refractivity contribution >= 4 is 21.9 Å². The summed E-state index contributed by atoms with van der Waals surface area (Å²) in [6.07, 6.45) is 4.15. The highest BCUT2D eigenvalue weighted by Crippen LogP contribution is 2.15. The molecule has 26 heavy (non-hydrogen) atoms. The van der Waals surface area contributed by atoms with E-state index >= 15 is 0 Å². The topological polar surface area (TPSA) is 58.6 Å². The lowest BCUT2D eigenvalue weighted by Gasteiger charge is -2.08. The zero-order valence-corrected chi connectivity index (χ0v) is 16.5. The molecular weight excluding hydrogens is 394 g/mol. The predicted octanol–water partition coefficient (Wildman–Crippen LogP) is 4.46. The molecule has 0 saturated heterocycles. The Bertz CT molecular complexity index is 656. The van der Waals surface area contributed by atoms with Crippen molar-refractivity contribution in [2.75, 3.05) is 19.7 Å². The van der Waals surface area contributed by atoms with Gasteiger partial charge in [0.1, 0.15) is 5.75 Å². The molecule has 2 N–H and O–H groups in total. The van der Waals surface area contributed by atoms with Crippen LogP contribution in [0.3, 0.4) is 0 Å². The van der Waals surface area contributed by atoms with E-state index in [1.165, 1.54) is 11.1 Å². The van der Waals surface area contributed by atoms with Crippen LogP contribution in [0.25, 0.3) is 0 Å². The second kappa shape index (κ2) is 11.7. The van der Waals surface area contributed by atoms with E-state index in [4.69, 9.17) is 9.84 Å². The van der Waals surface area contributed by atoms with Gasteiger partial charge in [-0.05, 0) is 67.6 Å². The average molecular weight is 420 g/mol. The molecule has 0 fully saturated rings. The second-order valence-electron chi connectivity index (χ2n) is 6.22. The van der Waals surface area contributed by atoms with Crippen LogP contribution in [0.15, 0.2) is 53.0 Å². The standard InChI is InChI=1S/C21H26BrNO3/c22-19-9-5-18(6-10-19)4-2-16-26-20-11-7-17(8-12-20)3-1-14-23-15-13-21(24)25/h5-12,23H,1-4,13-16H2,(H,24,25). The van der Waals surface area contributed by atoms with Gasteiger partial charge in [0.15, 0.2) is 0 Å². The molecule has 2 rings (SSSR count). The number of nitrogens with one attached hydrogen (secondary N) is 1. The molecule has 0 spiro atoms. The maximum Gasteiger partial charge on any atom is 0.304 e. The summed E-state index contributed by atoms with van der Waals surface area (Å²) in [5.41, 5.74) is 2.59. The summed E-state index contributed by atoms with van der Waals surface area (Å²) in [6, 6.07) is 16.6. The van der Waals surface area contributed by atoms with E-state index in [2.05, 4.69) is 57.6 Å². The van der Waals surface area contributed by atoms with Gasteiger partial charge in [-0.2, -0.15) is 0 Å². The zero-order chi connectivity index (χ0) is 18.6. The third kappa shape index (κ3) is 8.50. The number of aryl methyl sites for hydroxylation is 2. The molecule has 0 aliphatic carbocycles. The summed E-state index contributed by atoms with van der Waals surface area (Å²) in [5, 5.41) is 11.7. The highest BCUT2D eigenvalue weighted by molar-refractivity contribution is 9.10. The Kier molecular flexibility index (Phi) is 9.21. The summed E-state index contributed by atoms with van der Waals surface area (Å²) in [4.78, 5) is 10.4. The smallest absolute Gasteiger partial charge is 0.304 e. The Hall–Kier alpha value is -1.85. The first-order chi connectivity index (χ1) is 12.6. The highest BCUT2D eigenvalue weighted by Gasteiger charge is 1.99. The third-order valence-corrected chi connectivity index (χ3v) is 4.58. The van der Waals surface area contributed by atoms with Crippen molar-refractivity contribution in [1.82, 2.24) is 5.32 Å². The second-order valence-corrected chi connectivity index (χ2v) is 7.14. The maximum atomic E-state index is 10.4. The number of hydrogen-bond donors (Lipinski definition) is 2. The quantitative estimate of drug-likeness (QED) is 0.498. The van der Waals surface area contributed by atoms with Gasteiger partial charge in [0, 0.05) is 11.0 Å². The van der Waals surface area contributed by atoms with Crippen LogP contribution in [0.1, 0.15) is 30.4 Å². The van der Waals surface area contributed by atoms with Gasteiger partial charge in [-0.25, -0.2) is 0 Å². The Labute approximate surface area is 163 Å². The highest BCUT2D eigenvalue weighted by atomic mass is 79.9. The van der Waals surface area contributed by atoms with E-state index in [1.54, 1.807) is 0 Å². The fourth-order valence-corrected chi connectivity index (χ4v) is 2.87. The first-order valence-electron chi connectivity index (χ1n) is 9.02. The normalized spacial score (nSPS) is 10.7. The number of aliphatic carboxylic acids is 1. The summed E-state index contributed by atoms with van der Waals surface area (Å²) in [5.74, 6) is 0.147. The molecule has 0 saturated carbocycles. The molecule has 0 bridgehead atoms. The number of benzene rings is 2. The molecule has 4 nitrogen and oxygen atoms in total. The number of carboxylic acid groups (broad SMARTS) is 1. The summed E-state index contributed by atoms with van der Waals surface area (Å²) in [6.45, 7) is 2.08. The van der Waals surface area contributed by atoms with Crippen molar-refractivity contribution in [2.24, 2.45) is 0 Å². The van der Waals surface area contributed by atoms with Crippen molar-refractivity contribution in [3.8, 4) is 5.75 Å². The third-order valence-electron chi connectivity index (χ3n) is 4.05. The molecule has 0 heterocycles. The first kappa shape index (κ1) is 20.5. The van der Waals surface area contributed by atoms with Crippen LogP contribution in [0.5, 0.6) is 5.75 Å². The minimum atomic E-state index is -0.759. The molecule has 2 aromatic rings. The molecule has 0 radical (unpaired) electrons. The van der Waals surface area contributed by atoms with Crippen LogP contribution < -0.4 is 10.1 Å². The Balaban J connectivity index is 1.58. The molecule has 0 unspecified atom stereocenters. The summed E-state index contributed by atoms with van der Waals surface area (Å²) < 4.78 is 6.91. The van der Waals surface area contributed by atoms with Gasteiger partial charge in [0.25, 0.3) is 0 Å². The molecule has 0 atom stereocenters. The van der Waals surface area contributed by atoms with Gasteiger partial charge >= 0.3 is 5.97 Å². The minimum absolute atomic E-state index is 0.174. The molecule has 0 aliphatic heterocycles. The fraction of sp³-hybridized carbons (Fsp3) is 0.381. The Morgan fingerprint density at radius 1 is 0.923 bits per heavy atom. The van der Waals surface area contributed by atoms with Gasteiger partial charge in [-0.1, -0.05) is 40.2 Å². The maximum absolute atomic E-state index is 10.4. The van der Waals surface area contributed by atoms with Gasteiger partial charge in [0.05, 0.1) is 13.0 Å². The largest absolute Gasteiger partial charge is 0.494 e. The molecule has 0 aliphatic rings. The van der Waals surface area contributed by atoms with Crippen molar-refractivity contribution < 1.29 is 14.6 Å². The van der Waals surface area contributed by atoms with Crippen LogP contribution in [0.2, 0.25) is 0 Å². The number of halogens is 1. The molecule has 2 aromatic carbocycles. The fourth-order valence-electron chi connectivity index (χ4n) is 2.61. The van der Waals surface area contributed by atoms with Crippen LogP contribution in [0, 0.1) is 0 Å². The van der Waals surface area contributed by atoms with Crippen molar-refractivity contribution in [3.63, 3.8) is 0 Å². The van der Waals surface area contributed by atoms with Gasteiger partial charge < -0.3 is 15.2 Å². The number of rotatable bonds is 12. The summed E-state index contributed by atoms with van der Waals surface area (Å²) >= 11 is 3.45. The molecule has 0 aromatic heterocycles. The van der Waals surface area contributed by atoms with E-state index in [1.807, 2.05) is 12.1 Å². The van der Waals surface area contributed by atoms with E-state index in [0.29, 0.717) is 13.2 Å². The number of carboxylic acids is 1. The van der Waals surface area contributed by atoms with Crippen LogP contribution in [0.4, 0.5) is 0 Å². The minimum Gasteiger partial charge on any atom is -0.494 e. The lowest BCUT2D eigenvalue weighted by molar-refractivity contribution is -0.136. The van der Waals surface area contributed by atoms with Crippen LogP contribution >= 0.6 is 15.9 Å². The predicted molar refractivity (Wildman–Crippen MR) is 108 cm³/mol. The monoisotopic (exact) mass is 419 g/mol. The van der Waals surface area contributed by atoms with Crippen molar-refractivity contribution in [2.45, 2.75) is 32.1 Å². The van der Waals surface area contributed by atoms with Crippen LogP contribution in [-0.2, 0) is 17.6 Å². The number of ether oxygens (including phenoxy) is 1. The molecule has 5 heteroatoms. The van der Waals surface area contributed by atoms with Gasteiger partial charge in [-0.15, -0.1) is 0 Å².